The second kappa shape index (κ2) is 6.17. The highest BCUT2D eigenvalue weighted by Crippen LogP contribution is 2.48. The second-order valence-electron chi connectivity index (χ2n) is 7.18. The number of benzene rings is 4. The summed E-state index contributed by atoms with van der Waals surface area (Å²) in [6, 6.07) is 32.6. The van der Waals surface area contributed by atoms with Crippen LogP contribution < -0.4 is 9.80 Å². The maximum atomic E-state index is 2.44. The predicted molar refractivity (Wildman–Crippen MR) is 115 cm³/mol. The third-order valence-electron chi connectivity index (χ3n) is 5.53. The molecule has 0 radical (unpaired) electrons. The minimum atomic E-state index is 0.199. The third kappa shape index (κ3) is 2.48. The van der Waals surface area contributed by atoms with Crippen molar-refractivity contribution >= 4 is 33.5 Å². The molecule has 4 aromatic rings. The van der Waals surface area contributed by atoms with Crippen molar-refractivity contribution in [2.75, 3.05) is 9.80 Å². The number of fused-ring (bicyclic) bond motifs is 2. The molecule has 1 atom stereocenters. The van der Waals surface area contributed by atoms with Crippen molar-refractivity contribution in [2.45, 2.75) is 20.0 Å². The molecule has 1 aliphatic heterocycles. The molecule has 0 amide bonds. The van der Waals surface area contributed by atoms with Crippen molar-refractivity contribution in [2.24, 2.45) is 0 Å². The molecular weight excluding hydrogens is 328 g/mol. The Balaban J connectivity index is 1.68. The Kier molecular flexibility index (Phi) is 3.64. The van der Waals surface area contributed by atoms with Crippen LogP contribution in [0.1, 0.15) is 12.5 Å². The summed E-state index contributed by atoms with van der Waals surface area (Å²) in [5, 5.41) is 2.55. The maximum absolute atomic E-state index is 2.44. The van der Waals surface area contributed by atoms with Crippen LogP contribution in [-0.4, -0.2) is 6.17 Å². The predicted octanol–water partition coefficient (Wildman–Crippen LogP) is 6.78. The number of rotatable bonds is 2. The number of hydrogen-bond donors (Lipinski definition) is 0. The first-order chi connectivity index (χ1) is 13.2. The van der Waals surface area contributed by atoms with Gasteiger partial charge in [0, 0.05) is 11.4 Å². The summed E-state index contributed by atoms with van der Waals surface area (Å²) in [7, 11) is 0. The zero-order chi connectivity index (χ0) is 18.4. The molecule has 1 aliphatic rings. The Bertz CT molecular complexity index is 1130. The van der Waals surface area contributed by atoms with Crippen molar-refractivity contribution in [1.82, 2.24) is 0 Å². The van der Waals surface area contributed by atoms with Gasteiger partial charge in [0.2, 0.25) is 0 Å². The Labute approximate surface area is 160 Å². The average Bonchev–Trinajstić information content (AvgIpc) is 3.00. The summed E-state index contributed by atoms with van der Waals surface area (Å²) in [5.41, 5.74) is 6.29. The molecule has 0 spiro atoms. The molecule has 0 fully saturated rings. The summed E-state index contributed by atoms with van der Waals surface area (Å²) >= 11 is 0. The summed E-state index contributed by atoms with van der Waals surface area (Å²) in [6.45, 7) is 4.46. The van der Waals surface area contributed by atoms with Gasteiger partial charge < -0.3 is 9.80 Å². The summed E-state index contributed by atoms with van der Waals surface area (Å²) in [5.74, 6) is 0. The molecule has 5 rings (SSSR count). The number of aryl methyl sites for hydroxylation is 1. The Hall–Kier alpha value is -3.26. The number of para-hydroxylation sites is 3. The lowest BCUT2D eigenvalue weighted by molar-refractivity contribution is 0.760. The van der Waals surface area contributed by atoms with Gasteiger partial charge in [0.25, 0.3) is 0 Å². The van der Waals surface area contributed by atoms with E-state index in [0.717, 1.165) is 0 Å². The van der Waals surface area contributed by atoms with Gasteiger partial charge in [-0.15, -0.1) is 0 Å². The van der Waals surface area contributed by atoms with E-state index in [-0.39, 0.29) is 6.17 Å². The lowest BCUT2D eigenvalue weighted by Crippen LogP contribution is -2.35. The average molecular weight is 350 g/mol. The Morgan fingerprint density at radius 1 is 0.593 bits per heavy atom. The van der Waals surface area contributed by atoms with Crippen molar-refractivity contribution in [3.05, 3.63) is 96.6 Å². The van der Waals surface area contributed by atoms with Gasteiger partial charge in [-0.3, -0.25) is 0 Å². The lowest BCUT2D eigenvalue weighted by Gasteiger charge is -2.31. The zero-order valence-corrected chi connectivity index (χ0v) is 15.6. The maximum Gasteiger partial charge on any atom is 0.108 e. The van der Waals surface area contributed by atoms with Crippen molar-refractivity contribution in [1.29, 1.82) is 0 Å². The fourth-order valence-corrected chi connectivity index (χ4v) is 4.24. The molecule has 27 heavy (non-hydrogen) atoms. The van der Waals surface area contributed by atoms with Crippen LogP contribution in [0.4, 0.5) is 22.7 Å². The van der Waals surface area contributed by atoms with Crippen LogP contribution in [0, 0.1) is 6.92 Å². The van der Waals surface area contributed by atoms with Crippen molar-refractivity contribution in [3.63, 3.8) is 0 Å². The monoisotopic (exact) mass is 350 g/mol. The van der Waals surface area contributed by atoms with Gasteiger partial charge in [0.05, 0.1) is 11.4 Å². The van der Waals surface area contributed by atoms with E-state index in [1.54, 1.807) is 0 Å². The van der Waals surface area contributed by atoms with Gasteiger partial charge in [-0.2, -0.15) is 0 Å². The first-order valence-corrected chi connectivity index (χ1v) is 9.46. The minimum Gasteiger partial charge on any atom is -0.319 e. The molecule has 0 N–H and O–H groups in total. The highest BCUT2D eigenvalue weighted by Gasteiger charge is 2.35. The first kappa shape index (κ1) is 16.0. The summed E-state index contributed by atoms with van der Waals surface area (Å²) < 4.78 is 0. The largest absolute Gasteiger partial charge is 0.319 e. The molecule has 0 saturated carbocycles. The first-order valence-electron chi connectivity index (χ1n) is 9.46. The van der Waals surface area contributed by atoms with Gasteiger partial charge in [-0.05, 0) is 60.5 Å². The van der Waals surface area contributed by atoms with Gasteiger partial charge in [0.15, 0.2) is 0 Å². The van der Waals surface area contributed by atoms with Crippen LogP contribution in [-0.2, 0) is 0 Å². The molecule has 0 bridgehead atoms. The van der Waals surface area contributed by atoms with E-state index >= 15 is 0 Å². The molecule has 1 heterocycles. The van der Waals surface area contributed by atoms with Gasteiger partial charge in [0.1, 0.15) is 6.17 Å². The van der Waals surface area contributed by atoms with Crippen molar-refractivity contribution < 1.29 is 0 Å². The summed E-state index contributed by atoms with van der Waals surface area (Å²) in [4.78, 5) is 4.88. The van der Waals surface area contributed by atoms with Gasteiger partial charge >= 0.3 is 0 Å². The van der Waals surface area contributed by atoms with Gasteiger partial charge in [-0.1, -0.05) is 60.7 Å². The van der Waals surface area contributed by atoms with E-state index in [2.05, 4.69) is 115 Å². The van der Waals surface area contributed by atoms with Crippen LogP contribution in [0.2, 0.25) is 0 Å². The van der Waals surface area contributed by atoms with Crippen LogP contribution in [0.5, 0.6) is 0 Å². The molecule has 2 nitrogen and oxygen atoms in total. The smallest absolute Gasteiger partial charge is 0.108 e. The van der Waals surface area contributed by atoms with E-state index in [9.17, 15) is 0 Å². The number of hydrogen-bond acceptors (Lipinski definition) is 2. The van der Waals surface area contributed by atoms with E-state index in [4.69, 9.17) is 0 Å². The van der Waals surface area contributed by atoms with Crippen LogP contribution in [0.3, 0.4) is 0 Å². The van der Waals surface area contributed by atoms with E-state index in [0.29, 0.717) is 0 Å². The Morgan fingerprint density at radius 2 is 1.19 bits per heavy atom. The van der Waals surface area contributed by atoms with Crippen LogP contribution in [0.25, 0.3) is 10.8 Å². The normalized spacial score (nSPS) is 16.0. The highest BCUT2D eigenvalue weighted by molar-refractivity contribution is 5.92. The van der Waals surface area contributed by atoms with Gasteiger partial charge in [-0.25, -0.2) is 0 Å². The molecule has 0 aromatic heterocycles. The highest BCUT2D eigenvalue weighted by atomic mass is 15.4. The van der Waals surface area contributed by atoms with Crippen LogP contribution in [0.15, 0.2) is 91.0 Å². The SMILES string of the molecule is Cc1ccccc1N1c2ccccc2N(c2ccc3ccccc3c2)[C@@H]1C. The fraction of sp³-hybridized carbons (Fsp3) is 0.120. The Morgan fingerprint density at radius 3 is 1.93 bits per heavy atom. The molecule has 0 aliphatic carbocycles. The van der Waals surface area contributed by atoms with E-state index in [1.807, 2.05) is 0 Å². The minimum absolute atomic E-state index is 0.199. The fourth-order valence-electron chi connectivity index (χ4n) is 4.24. The zero-order valence-electron chi connectivity index (χ0n) is 15.6. The number of anilines is 4. The molecule has 0 unspecified atom stereocenters. The standard InChI is InChI=1S/C25H22N2/c1-18-9-3-6-12-23(18)27-19(2)26(24-13-7-8-14-25(24)27)22-16-15-20-10-4-5-11-21(20)17-22/h3-17,19H,1-2H3/t19-/m0/s1. The molecule has 132 valence electrons. The van der Waals surface area contributed by atoms with E-state index in [1.165, 1.54) is 39.1 Å². The molecule has 0 saturated heterocycles. The van der Waals surface area contributed by atoms with E-state index < -0.39 is 0 Å². The third-order valence-corrected chi connectivity index (χ3v) is 5.53. The van der Waals surface area contributed by atoms with Crippen molar-refractivity contribution in [3.8, 4) is 0 Å². The molecule has 4 aromatic carbocycles. The topological polar surface area (TPSA) is 6.48 Å². The molecular formula is C25H22N2. The molecule has 2 heteroatoms. The quantitative estimate of drug-likeness (QED) is 0.393. The summed E-state index contributed by atoms with van der Waals surface area (Å²) in [6.07, 6.45) is 0.199. The number of nitrogens with zero attached hydrogens (tertiary/aromatic N) is 2. The second-order valence-corrected chi connectivity index (χ2v) is 7.18. The lowest BCUT2D eigenvalue weighted by atomic mass is 10.1. The van der Waals surface area contributed by atoms with Crippen LogP contribution >= 0.6 is 0 Å².